The standard InChI is InChI=1S/C23H23N5O/c1-15-6-7-22(26-12-15)27-19-10-16-11-21(19)28(14-16)23(29)18-5-3-2-4-17(18)20-13-24-8-9-25-20/h2-9,12-13,16,19,21H,10-11,14H2,1H3,(H,26,27). The monoisotopic (exact) mass is 385 g/mol. The summed E-state index contributed by atoms with van der Waals surface area (Å²) in [7, 11) is 0. The van der Waals surface area contributed by atoms with Crippen molar-refractivity contribution in [2.24, 2.45) is 5.92 Å². The Morgan fingerprint density at radius 1 is 1.07 bits per heavy atom. The Bertz CT molecular complexity index is 1020. The molecule has 2 bridgehead atoms. The summed E-state index contributed by atoms with van der Waals surface area (Å²) >= 11 is 0. The molecular formula is C23H23N5O. The van der Waals surface area contributed by atoms with E-state index in [1.54, 1.807) is 18.6 Å². The van der Waals surface area contributed by atoms with E-state index in [0.717, 1.165) is 42.0 Å². The molecule has 2 fully saturated rings. The highest BCUT2D eigenvalue weighted by molar-refractivity contribution is 6.00. The molecule has 6 nitrogen and oxygen atoms in total. The number of piperidine rings is 1. The Kier molecular flexibility index (Phi) is 4.46. The van der Waals surface area contributed by atoms with Gasteiger partial charge in [0.2, 0.25) is 0 Å². The van der Waals surface area contributed by atoms with Gasteiger partial charge in [-0.1, -0.05) is 24.3 Å². The maximum absolute atomic E-state index is 13.5. The lowest BCUT2D eigenvalue weighted by Crippen LogP contribution is -2.47. The van der Waals surface area contributed by atoms with Crippen LogP contribution in [-0.2, 0) is 0 Å². The van der Waals surface area contributed by atoms with E-state index in [4.69, 9.17) is 0 Å². The van der Waals surface area contributed by atoms with Gasteiger partial charge in [0.1, 0.15) is 5.82 Å². The Morgan fingerprint density at radius 2 is 1.97 bits per heavy atom. The van der Waals surface area contributed by atoms with Gasteiger partial charge in [-0.2, -0.15) is 0 Å². The molecule has 0 radical (unpaired) electrons. The first kappa shape index (κ1) is 17.8. The zero-order valence-electron chi connectivity index (χ0n) is 16.3. The second kappa shape index (κ2) is 7.28. The number of likely N-dealkylation sites (tertiary alicyclic amines) is 1. The molecule has 2 aromatic heterocycles. The van der Waals surface area contributed by atoms with Crippen molar-refractivity contribution in [1.29, 1.82) is 0 Å². The van der Waals surface area contributed by atoms with Crippen molar-refractivity contribution in [3.8, 4) is 11.3 Å². The molecule has 0 spiro atoms. The highest BCUT2D eigenvalue weighted by atomic mass is 16.2. The topological polar surface area (TPSA) is 71.0 Å². The van der Waals surface area contributed by atoms with Gasteiger partial charge >= 0.3 is 0 Å². The average Bonchev–Trinajstić information content (AvgIpc) is 3.36. The van der Waals surface area contributed by atoms with Crippen molar-refractivity contribution in [3.63, 3.8) is 0 Å². The van der Waals surface area contributed by atoms with E-state index < -0.39 is 0 Å². The number of nitrogens with one attached hydrogen (secondary N) is 1. The van der Waals surface area contributed by atoms with Crippen molar-refractivity contribution in [2.45, 2.75) is 31.8 Å². The number of nitrogens with zero attached hydrogens (tertiary/aromatic N) is 4. The normalized spacial score (nSPS) is 22.7. The predicted octanol–water partition coefficient (Wildman–Crippen LogP) is 3.56. The van der Waals surface area contributed by atoms with Crippen LogP contribution in [0.4, 0.5) is 5.82 Å². The summed E-state index contributed by atoms with van der Waals surface area (Å²) in [6, 6.07) is 12.2. The van der Waals surface area contributed by atoms with Gasteiger partial charge in [-0.05, 0) is 43.4 Å². The number of fused-ring (bicyclic) bond motifs is 2. The third kappa shape index (κ3) is 3.35. The summed E-state index contributed by atoms with van der Waals surface area (Å²) in [5, 5.41) is 3.55. The summed E-state index contributed by atoms with van der Waals surface area (Å²) in [5.41, 5.74) is 3.38. The van der Waals surface area contributed by atoms with Gasteiger partial charge in [-0.15, -0.1) is 0 Å². The van der Waals surface area contributed by atoms with Gasteiger partial charge in [-0.25, -0.2) is 4.98 Å². The minimum atomic E-state index is 0.0714. The first-order chi connectivity index (χ1) is 14.2. The van der Waals surface area contributed by atoms with E-state index in [9.17, 15) is 4.79 Å². The molecule has 3 unspecified atom stereocenters. The van der Waals surface area contributed by atoms with Crippen molar-refractivity contribution >= 4 is 11.7 Å². The number of pyridine rings is 1. The number of rotatable bonds is 4. The summed E-state index contributed by atoms with van der Waals surface area (Å²) in [5.74, 6) is 1.48. The van der Waals surface area contributed by atoms with E-state index in [-0.39, 0.29) is 18.0 Å². The summed E-state index contributed by atoms with van der Waals surface area (Å²) in [6.07, 6.45) is 9.00. The zero-order chi connectivity index (χ0) is 19.8. The molecule has 3 atom stereocenters. The maximum atomic E-state index is 13.5. The van der Waals surface area contributed by atoms with Crippen molar-refractivity contribution < 1.29 is 4.79 Å². The molecule has 1 amide bonds. The van der Waals surface area contributed by atoms with Gasteiger partial charge in [0.25, 0.3) is 5.91 Å². The van der Waals surface area contributed by atoms with Crippen molar-refractivity contribution in [3.05, 3.63) is 72.3 Å². The van der Waals surface area contributed by atoms with Crippen LogP contribution >= 0.6 is 0 Å². The molecule has 1 saturated carbocycles. The molecule has 1 aliphatic heterocycles. The van der Waals surface area contributed by atoms with E-state index in [1.165, 1.54) is 0 Å². The van der Waals surface area contributed by atoms with Crippen LogP contribution in [0, 0.1) is 12.8 Å². The van der Waals surface area contributed by atoms with E-state index in [2.05, 4.69) is 26.3 Å². The molecule has 1 N–H and O–H groups in total. The van der Waals surface area contributed by atoms with Crippen LogP contribution in [0.2, 0.25) is 0 Å². The third-order valence-corrected chi connectivity index (χ3v) is 5.98. The van der Waals surface area contributed by atoms with Gasteiger partial charge < -0.3 is 10.2 Å². The van der Waals surface area contributed by atoms with Crippen molar-refractivity contribution in [1.82, 2.24) is 19.9 Å². The van der Waals surface area contributed by atoms with Gasteiger partial charge in [-0.3, -0.25) is 14.8 Å². The number of benzene rings is 1. The second-order valence-corrected chi connectivity index (χ2v) is 7.97. The van der Waals surface area contributed by atoms with Crippen LogP contribution in [0.15, 0.2) is 61.2 Å². The zero-order valence-corrected chi connectivity index (χ0v) is 16.3. The highest BCUT2D eigenvalue weighted by Gasteiger charge is 2.47. The predicted molar refractivity (Wildman–Crippen MR) is 111 cm³/mol. The fraction of sp³-hybridized carbons (Fsp3) is 0.304. The SMILES string of the molecule is Cc1ccc(NC2CC3CC2N(C(=O)c2ccccc2-c2cnccn2)C3)nc1. The summed E-state index contributed by atoms with van der Waals surface area (Å²) in [6.45, 7) is 2.85. The molecule has 1 aromatic carbocycles. The number of hydrogen-bond donors (Lipinski definition) is 1. The molecule has 6 heteroatoms. The van der Waals surface area contributed by atoms with Crippen LogP contribution in [0.3, 0.4) is 0 Å². The maximum Gasteiger partial charge on any atom is 0.254 e. The molecule has 146 valence electrons. The van der Waals surface area contributed by atoms with Crippen LogP contribution in [0.5, 0.6) is 0 Å². The van der Waals surface area contributed by atoms with Crippen molar-refractivity contribution in [2.75, 3.05) is 11.9 Å². The third-order valence-electron chi connectivity index (χ3n) is 5.98. The quantitative estimate of drug-likeness (QED) is 0.744. The number of carbonyl (C=O) groups is 1. The number of hydrogen-bond acceptors (Lipinski definition) is 5. The van der Waals surface area contributed by atoms with Crippen LogP contribution in [0.1, 0.15) is 28.8 Å². The van der Waals surface area contributed by atoms with Crippen LogP contribution in [0.25, 0.3) is 11.3 Å². The molecule has 2 aliphatic rings. The first-order valence-corrected chi connectivity index (χ1v) is 10.0. The number of aryl methyl sites for hydroxylation is 1. The minimum Gasteiger partial charge on any atom is -0.365 e. The fourth-order valence-corrected chi connectivity index (χ4v) is 4.64. The Morgan fingerprint density at radius 3 is 2.72 bits per heavy atom. The average molecular weight is 385 g/mol. The molecule has 1 aliphatic carbocycles. The Hall–Kier alpha value is -3.28. The lowest BCUT2D eigenvalue weighted by atomic mass is 10.0. The van der Waals surface area contributed by atoms with Crippen LogP contribution < -0.4 is 5.32 Å². The smallest absolute Gasteiger partial charge is 0.254 e. The lowest BCUT2D eigenvalue weighted by Gasteiger charge is -2.34. The van der Waals surface area contributed by atoms with E-state index in [1.807, 2.05) is 48.4 Å². The number of anilines is 1. The van der Waals surface area contributed by atoms with Gasteiger partial charge in [0, 0.05) is 42.3 Å². The molecular weight excluding hydrogens is 362 g/mol. The number of aromatic nitrogens is 3. The van der Waals surface area contributed by atoms with E-state index >= 15 is 0 Å². The number of amides is 1. The Labute approximate surface area is 170 Å². The number of carbonyl (C=O) groups excluding carboxylic acids is 1. The second-order valence-electron chi connectivity index (χ2n) is 7.97. The molecule has 1 saturated heterocycles. The Balaban J connectivity index is 1.39. The summed E-state index contributed by atoms with van der Waals surface area (Å²) in [4.78, 5) is 28.6. The van der Waals surface area contributed by atoms with Gasteiger partial charge in [0.15, 0.2) is 0 Å². The molecule has 3 heterocycles. The van der Waals surface area contributed by atoms with E-state index in [0.29, 0.717) is 11.5 Å². The van der Waals surface area contributed by atoms with Gasteiger partial charge in [0.05, 0.1) is 17.9 Å². The molecule has 29 heavy (non-hydrogen) atoms. The first-order valence-electron chi connectivity index (χ1n) is 10.0. The lowest BCUT2D eigenvalue weighted by molar-refractivity contribution is 0.0693. The molecule has 3 aromatic rings. The minimum absolute atomic E-state index is 0.0714. The highest BCUT2D eigenvalue weighted by Crippen LogP contribution is 2.40. The largest absolute Gasteiger partial charge is 0.365 e. The fourth-order valence-electron chi connectivity index (χ4n) is 4.64. The summed E-state index contributed by atoms with van der Waals surface area (Å²) < 4.78 is 0. The molecule has 5 rings (SSSR count). The van der Waals surface area contributed by atoms with Crippen LogP contribution in [-0.4, -0.2) is 44.4 Å².